The fourth-order valence-electron chi connectivity index (χ4n) is 2.12. The van der Waals surface area contributed by atoms with Crippen LogP contribution in [0.25, 0.3) is 0 Å². The molecule has 0 spiro atoms. The third-order valence-corrected chi connectivity index (χ3v) is 4.11. The smallest absolute Gasteiger partial charge is 0.244 e. The first-order valence-electron chi connectivity index (χ1n) is 7.27. The summed E-state index contributed by atoms with van der Waals surface area (Å²) >= 11 is 11.8. The van der Waals surface area contributed by atoms with Crippen LogP contribution >= 0.6 is 23.2 Å². The van der Waals surface area contributed by atoms with Gasteiger partial charge in [0.25, 0.3) is 0 Å². The number of nitrogens with one attached hydrogen (secondary N) is 1. The van der Waals surface area contributed by atoms with Gasteiger partial charge in [-0.05, 0) is 37.1 Å². The van der Waals surface area contributed by atoms with Crippen molar-refractivity contribution in [3.8, 4) is 0 Å². The summed E-state index contributed by atoms with van der Waals surface area (Å²) in [4.78, 5) is 25.5. The van der Waals surface area contributed by atoms with Crippen molar-refractivity contribution in [2.45, 2.75) is 19.8 Å². The van der Waals surface area contributed by atoms with E-state index in [9.17, 15) is 9.59 Å². The quantitative estimate of drug-likeness (QED) is 0.847. The Bertz CT molecular complexity index is 726. The fourth-order valence-corrected chi connectivity index (χ4v) is 2.57. The second kappa shape index (κ2) is 8.17. The van der Waals surface area contributed by atoms with Gasteiger partial charge < -0.3 is 14.7 Å². The lowest BCUT2D eigenvalue weighted by atomic mass is 10.1. The Morgan fingerprint density at radius 1 is 1.29 bits per heavy atom. The van der Waals surface area contributed by atoms with E-state index in [2.05, 4.69) is 10.5 Å². The molecule has 2 aromatic rings. The molecule has 0 saturated heterocycles. The molecule has 0 aliphatic carbocycles. The van der Waals surface area contributed by atoms with Gasteiger partial charge in [0.05, 0.1) is 22.9 Å². The number of para-hydroxylation sites is 1. The number of hydrogen-bond donors (Lipinski definition) is 1. The van der Waals surface area contributed by atoms with Gasteiger partial charge in [-0.25, -0.2) is 0 Å². The number of anilines is 1. The predicted octanol–water partition coefficient (Wildman–Crippen LogP) is 3.32. The molecule has 0 fully saturated rings. The highest BCUT2D eigenvalue weighted by Crippen LogP contribution is 2.21. The van der Waals surface area contributed by atoms with E-state index in [1.165, 1.54) is 4.90 Å². The maximum atomic E-state index is 12.1. The molecule has 1 aromatic heterocycles. The molecule has 0 unspecified atom stereocenters. The topological polar surface area (TPSA) is 75.4 Å². The summed E-state index contributed by atoms with van der Waals surface area (Å²) in [5, 5.41) is 7.04. The van der Waals surface area contributed by atoms with Crippen LogP contribution < -0.4 is 5.32 Å². The van der Waals surface area contributed by atoms with Crippen LogP contribution in [-0.2, 0) is 16.0 Å². The minimum atomic E-state index is -0.321. The van der Waals surface area contributed by atoms with Crippen molar-refractivity contribution in [2.24, 2.45) is 0 Å². The summed E-state index contributed by atoms with van der Waals surface area (Å²) in [5.41, 5.74) is 1.88. The Morgan fingerprint density at radius 3 is 2.62 bits per heavy atom. The van der Waals surface area contributed by atoms with Crippen molar-refractivity contribution < 1.29 is 14.1 Å². The number of benzene rings is 1. The number of hydrogen-bond acceptors (Lipinski definition) is 4. The Labute approximate surface area is 149 Å². The molecule has 1 N–H and O–H groups in total. The number of carbonyl (C=O) groups excluding carboxylic acids is 2. The van der Waals surface area contributed by atoms with Gasteiger partial charge >= 0.3 is 0 Å². The maximum absolute atomic E-state index is 12.1. The lowest BCUT2D eigenvalue weighted by molar-refractivity contribution is -0.133. The zero-order chi connectivity index (χ0) is 17.7. The molecule has 8 heteroatoms. The van der Waals surface area contributed by atoms with Crippen LogP contribution in [-0.4, -0.2) is 35.5 Å². The largest absolute Gasteiger partial charge is 0.344 e. The Balaban J connectivity index is 1.85. The molecule has 2 rings (SSSR count). The minimum absolute atomic E-state index is 0.0690. The van der Waals surface area contributed by atoms with E-state index in [4.69, 9.17) is 27.7 Å². The molecule has 0 saturated carbocycles. The van der Waals surface area contributed by atoms with Crippen LogP contribution in [0.1, 0.15) is 17.7 Å². The summed E-state index contributed by atoms with van der Waals surface area (Å²) in [5.74, 6) is -0.501. The first-order valence-corrected chi connectivity index (χ1v) is 8.03. The lowest BCUT2D eigenvalue weighted by Crippen LogP contribution is -2.35. The van der Waals surface area contributed by atoms with Crippen molar-refractivity contribution in [1.82, 2.24) is 10.1 Å². The van der Waals surface area contributed by atoms with Gasteiger partial charge in [0, 0.05) is 19.0 Å². The van der Waals surface area contributed by atoms with Crippen molar-refractivity contribution in [2.75, 3.05) is 18.9 Å². The lowest BCUT2D eigenvalue weighted by Gasteiger charge is -2.17. The van der Waals surface area contributed by atoms with Crippen molar-refractivity contribution in [3.63, 3.8) is 0 Å². The van der Waals surface area contributed by atoms with Crippen molar-refractivity contribution >= 4 is 40.7 Å². The monoisotopic (exact) mass is 369 g/mol. The third kappa shape index (κ3) is 4.72. The SMILES string of the molecule is Cc1noc(Cl)c1CCC(=O)N(C)CC(=O)Nc1ccccc1Cl. The van der Waals surface area contributed by atoms with E-state index in [-0.39, 0.29) is 30.0 Å². The summed E-state index contributed by atoms with van der Waals surface area (Å²) in [7, 11) is 1.57. The highest BCUT2D eigenvalue weighted by atomic mass is 35.5. The van der Waals surface area contributed by atoms with Gasteiger partial charge in [0.15, 0.2) is 0 Å². The second-order valence-corrected chi connectivity index (χ2v) is 6.05. The molecule has 128 valence electrons. The molecule has 24 heavy (non-hydrogen) atoms. The van der Waals surface area contributed by atoms with Crippen LogP contribution in [0.3, 0.4) is 0 Å². The fraction of sp³-hybridized carbons (Fsp3) is 0.312. The van der Waals surface area contributed by atoms with Crippen LogP contribution in [0.5, 0.6) is 0 Å². The van der Waals surface area contributed by atoms with Crippen LogP contribution in [0.15, 0.2) is 28.8 Å². The molecule has 6 nitrogen and oxygen atoms in total. The summed E-state index contributed by atoms with van der Waals surface area (Å²) < 4.78 is 4.84. The standard InChI is InChI=1S/C16H17Cl2N3O3/c1-10-11(16(18)24-20-10)7-8-15(23)21(2)9-14(22)19-13-6-4-3-5-12(13)17/h3-6H,7-9H2,1-2H3,(H,19,22). The summed E-state index contributed by atoms with van der Waals surface area (Å²) in [6.45, 7) is 1.69. The van der Waals surface area contributed by atoms with Crippen LogP contribution in [0.4, 0.5) is 5.69 Å². The van der Waals surface area contributed by atoms with Gasteiger partial charge in [0.2, 0.25) is 17.0 Å². The number of carbonyl (C=O) groups is 2. The first kappa shape index (κ1) is 18.3. The van der Waals surface area contributed by atoms with Crippen molar-refractivity contribution in [3.05, 3.63) is 45.8 Å². The summed E-state index contributed by atoms with van der Waals surface area (Å²) in [6.07, 6.45) is 0.612. The average molecular weight is 370 g/mol. The molecule has 0 bridgehead atoms. The molecule has 1 aromatic carbocycles. The first-order chi connectivity index (χ1) is 11.4. The average Bonchev–Trinajstić information content (AvgIpc) is 2.85. The zero-order valence-corrected chi connectivity index (χ0v) is 14.8. The van der Waals surface area contributed by atoms with Crippen LogP contribution in [0.2, 0.25) is 10.2 Å². The highest BCUT2D eigenvalue weighted by Gasteiger charge is 2.17. The van der Waals surface area contributed by atoms with Crippen LogP contribution in [0, 0.1) is 6.92 Å². The second-order valence-electron chi connectivity index (χ2n) is 5.30. The normalized spacial score (nSPS) is 10.5. The van der Waals surface area contributed by atoms with Gasteiger partial charge in [-0.15, -0.1) is 0 Å². The number of aryl methyl sites for hydroxylation is 1. The number of aromatic nitrogens is 1. The minimum Gasteiger partial charge on any atom is -0.344 e. The molecule has 0 atom stereocenters. The van der Waals surface area contributed by atoms with Gasteiger partial charge in [-0.2, -0.15) is 0 Å². The number of halogens is 2. The van der Waals surface area contributed by atoms with E-state index in [1.54, 1.807) is 38.2 Å². The number of likely N-dealkylation sites (N-methyl/N-ethyl adjacent to an activating group) is 1. The van der Waals surface area contributed by atoms with E-state index in [0.717, 1.165) is 0 Å². The van der Waals surface area contributed by atoms with E-state index in [1.807, 2.05) is 0 Å². The van der Waals surface area contributed by atoms with Crippen molar-refractivity contribution in [1.29, 1.82) is 0 Å². The molecule has 2 amide bonds. The molecule has 1 heterocycles. The number of rotatable bonds is 6. The Hall–Kier alpha value is -2.05. The molecular weight excluding hydrogens is 353 g/mol. The third-order valence-electron chi connectivity index (χ3n) is 3.48. The highest BCUT2D eigenvalue weighted by molar-refractivity contribution is 6.33. The molecule has 0 radical (unpaired) electrons. The summed E-state index contributed by atoms with van der Waals surface area (Å²) in [6, 6.07) is 6.91. The van der Waals surface area contributed by atoms with E-state index >= 15 is 0 Å². The van der Waals surface area contributed by atoms with Gasteiger partial charge in [-0.1, -0.05) is 28.9 Å². The molecular formula is C16H17Cl2N3O3. The maximum Gasteiger partial charge on any atom is 0.244 e. The Morgan fingerprint density at radius 2 is 2.00 bits per heavy atom. The van der Waals surface area contributed by atoms with Gasteiger partial charge in [-0.3, -0.25) is 9.59 Å². The number of nitrogens with zero attached hydrogens (tertiary/aromatic N) is 2. The number of amides is 2. The van der Waals surface area contributed by atoms with E-state index < -0.39 is 0 Å². The molecule has 0 aliphatic rings. The predicted molar refractivity (Wildman–Crippen MR) is 92.3 cm³/mol. The zero-order valence-electron chi connectivity index (χ0n) is 13.3. The Kier molecular flexibility index (Phi) is 6.23. The van der Waals surface area contributed by atoms with E-state index in [0.29, 0.717) is 28.4 Å². The van der Waals surface area contributed by atoms with Gasteiger partial charge in [0.1, 0.15) is 0 Å². The molecule has 0 aliphatic heterocycles.